The maximum absolute atomic E-state index is 13.1. The van der Waals surface area contributed by atoms with Crippen LogP contribution in [0.1, 0.15) is 34.0 Å². The molecule has 2 heterocycles. The third kappa shape index (κ3) is 6.39. The number of nitrogens with zero attached hydrogens (tertiary/aromatic N) is 1. The zero-order chi connectivity index (χ0) is 25.8. The van der Waals surface area contributed by atoms with E-state index in [2.05, 4.69) is 15.2 Å². The van der Waals surface area contributed by atoms with Crippen LogP contribution in [0.2, 0.25) is 0 Å². The number of carbonyl (C=O) groups is 2. The standard InChI is InChI=1S/C22H28N6O5S2/c1-12-18(13(2)33-27-12)14-5-3-6-15(11-14)35(31,32)28-17-8-10-34-21(17)20(30)19(29)16(23)7-4-9-26-22(24)25/h3,5-6,8,10-11,16,22,26,28H,4,7,9,23-25H2,1-2H3/t16-/m0/s1. The predicted molar refractivity (Wildman–Crippen MR) is 133 cm³/mol. The first-order valence-electron chi connectivity index (χ1n) is 10.7. The Morgan fingerprint density at radius 1 is 1.17 bits per heavy atom. The van der Waals surface area contributed by atoms with E-state index in [0.29, 0.717) is 35.5 Å². The predicted octanol–water partition coefficient (Wildman–Crippen LogP) is 1.47. The van der Waals surface area contributed by atoms with Crippen LogP contribution in [0.4, 0.5) is 5.69 Å². The number of nitrogens with one attached hydrogen (secondary N) is 2. The Bertz CT molecular complexity index is 1300. The number of thiophene rings is 1. The molecule has 1 aromatic carbocycles. The number of benzene rings is 1. The number of carbonyl (C=O) groups excluding carboxylic acids is 2. The summed E-state index contributed by atoms with van der Waals surface area (Å²) in [6.07, 6.45) is 0.0391. The van der Waals surface area contributed by atoms with E-state index >= 15 is 0 Å². The van der Waals surface area contributed by atoms with Gasteiger partial charge in [0, 0.05) is 5.56 Å². The summed E-state index contributed by atoms with van der Waals surface area (Å²) in [6.45, 7) is 3.94. The van der Waals surface area contributed by atoms with Gasteiger partial charge >= 0.3 is 0 Å². The summed E-state index contributed by atoms with van der Waals surface area (Å²) in [5, 5.41) is 8.22. The van der Waals surface area contributed by atoms with Crippen molar-refractivity contribution in [2.75, 3.05) is 11.3 Å². The maximum atomic E-state index is 13.1. The van der Waals surface area contributed by atoms with Gasteiger partial charge in [-0.25, -0.2) is 8.42 Å². The fourth-order valence-electron chi connectivity index (χ4n) is 3.49. The van der Waals surface area contributed by atoms with Crippen LogP contribution in [-0.4, -0.2) is 44.0 Å². The third-order valence-corrected chi connectivity index (χ3v) is 7.49. The topological polar surface area (TPSA) is 196 Å². The van der Waals surface area contributed by atoms with E-state index in [-0.39, 0.29) is 21.9 Å². The van der Waals surface area contributed by atoms with E-state index < -0.39 is 33.9 Å². The molecule has 0 spiro atoms. The summed E-state index contributed by atoms with van der Waals surface area (Å²) in [5.74, 6) is -1.09. The van der Waals surface area contributed by atoms with Gasteiger partial charge in [-0.2, -0.15) is 0 Å². The van der Waals surface area contributed by atoms with Gasteiger partial charge in [0.1, 0.15) is 16.9 Å². The lowest BCUT2D eigenvalue weighted by Crippen LogP contribution is -2.46. The Kier molecular flexibility index (Phi) is 8.53. The van der Waals surface area contributed by atoms with Gasteiger partial charge in [0.05, 0.1) is 22.3 Å². The first-order chi connectivity index (χ1) is 16.5. The summed E-state index contributed by atoms with van der Waals surface area (Å²) >= 11 is 0.958. The Morgan fingerprint density at radius 3 is 2.57 bits per heavy atom. The molecular formula is C22H28N6O5S2. The number of anilines is 1. The molecule has 0 saturated heterocycles. The summed E-state index contributed by atoms with van der Waals surface area (Å²) in [5.41, 5.74) is 18.6. The molecule has 0 saturated carbocycles. The zero-order valence-corrected chi connectivity index (χ0v) is 20.9. The van der Waals surface area contributed by atoms with E-state index in [4.69, 9.17) is 21.7 Å². The van der Waals surface area contributed by atoms with Crippen LogP contribution in [0, 0.1) is 13.8 Å². The minimum absolute atomic E-state index is 0.0130. The molecular weight excluding hydrogens is 492 g/mol. The van der Waals surface area contributed by atoms with Crippen LogP contribution >= 0.6 is 11.3 Å². The van der Waals surface area contributed by atoms with Gasteiger partial charge in [-0.3, -0.25) is 19.6 Å². The zero-order valence-electron chi connectivity index (χ0n) is 19.3. The molecule has 3 rings (SSSR count). The number of aromatic nitrogens is 1. The highest BCUT2D eigenvalue weighted by molar-refractivity contribution is 7.92. The van der Waals surface area contributed by atoms with Crippen LogP contribution < -0.4 is 27.2 Å². The molecule has 1 atom stereocenters. The van der Waals surface area contributed by atoms with Crippen molar-refractivity contribution in [2.24, 2.45) is 17.2 Å². The van der Waals surface area contributed by atoms with Crippen molar-refractivity contribution in [1.29, 1.82) is 0 Å². The van der Waals surface area contributed by atoms with Gasteiger partial charge in [0.15, 0.2) is 0 Å². The van der Waals surface area contributed by atoms with Gasteiger partial charge in [0.25, 0.3) is 10.0 Å². The second-order valence-electron chi connectivity index (χ2n) is 7.92. The Morgan fingerprint density at radius 2 is 1.91 bits per heavy atom. The number of sulfonamides is 1. The van der Waals surface area contributed by atoms with E-state index in [9.17, 15) is 18.0 Å². The van der Waals surface area contributed by atoms with Crippen LogP contribution in [0.5, 0.6) is 0 Å². The minimum Gasteiger partial charge on any atom is -0.361 e. The molecule has 0 unspecified atom stereocenters. The first-order valence-corrected chi connectivity index (χ1v) is 13.1. The van der Waals surface area contributed by atoms with Gasteiger partial charge in [-0.15, -0.1) is 11.3 Å². The van der Waals surface area contributed by atoms with Gasteiger partial charge in [0.2, 0.25) is 11.6 Å². The van der Waals surface area contributed by atoms with Crippen molar-refractivity contribution in [3.8, 4) is 11.1 Å². The lowest BCUT2D eigenvalue weighted by Gasteiger charge is -2.12. The fourth-order valence-corrected chi connectivity index (χ4v) is 5.46. The fraction of sp³-hybridized carbons (Fsp3) is 0.318. The van der Waals surface area contributed by atoms with Gasteiger partial charge < -0.3 is 21.7 Å². The number of rotatable bonds is 12. The summed E-state index contributed by atoms with van der Waals surface area (Å²) in [7, 11) is -4.07. The lowest BCUT2D eigenvalue weighted by atomic mass is 10.0. The molecule has 2 aromatic heterocycles. The second kappa shape index (κ2) is 11.2. The Balaban J connectivity index is 1.76. The van der Waals surface area contributed by atoms with Crippen molar-refractivity contribution in [3.05, 3.63) is 52.0 Å². The highest BCUT2D eigenvalue weighted by atomic mass is 32.2. The number of Topliss-reactive ketones (excluding diaryl/α,β-unsaturated/α-hetero) is 2. The molecule has 35 heavy (non-hydrogen) atoms. The van der Waals surface area contributed by atoms with Crippen molar-refractivity contribution in [3.63, 3.8) is 0 Å². The Labute approximate surface area is 207 Å². The maximum Gasteiger partial charge on any atom is 0.261 e. The number of aryl methyl sites for hydroxylation is 2. The summed E-state index contributed by atoms with van der Waals surface area (Å²) < 4.78 is 33.8. The van der Waals surface area contributed by atoms with Gasteiger partial charge in [-0.05, 0) is 62.4 Å². The SMILES string of the molecule is Cc1noc(C)c1-c1cccc(S(=O)(=O)Nc2ccsc2C(=O)C(=O)[C@@H](N)CCCNC(N)N)c1. The highest BCUT2D eigenvalue weighted by Crippen LogP contribution is 2.30. The molecule has 3 aromatic rings. The molecule has 0 bridgehead atoms. The van der Waals surface area contributed by atoms with Crippen LogP contribution in [-0.2, 0) is 14.8 Å². The first kappa shape index (κ1) is 26.7. The quantitative estimate of drug-likeness (QED) is 0.101. The summed E-state index contributed by atoms with van der Waals surface area (Å²) in [4.78, 5) is 25.3. The monoisotopic (exact) mass is 520 g/mol. The lowest BCUT2D eigenvalue weighted by molar-refractivity contribution is -0.116. The largest absolute Gasteiger partial charge is 0.361 e. The van der Waals surface area contributed by atoms with Crippen molar-refractivity contribution >= 4 is 38.6 Å². The molecule has 0 fully saturated rings. The van der Waals surface area contributed by atoms with Crippen LogP contribution in [0.25, 0.3) is 11.1 Å². The van der Waals surface area contributed by atoms with E-state index in [1.165, 1.54) is 23.6 Å². The average molecular weight is 521 g/mol. The molecule has 0 aliphatic carbocycles. The normalized spacial score (nSPS) is 12.6. The number of hydrogen-bond donors (Lipinski definition) is 5. The minimum atomic E-state index is -4.07. The molecule has 0 radical (unpaired) electrons. The average Bonchev–Trinajstić information content (AvgIpc) is 3.40. The molecule has 0 amide bonds. The molecule has 0 aliphatic rings. The number of ketones is 2. The van der Waals surface area contributed by atoms with Crippen molar-refractivity contribution in [1.82, 2.24) is 10.5 Å². The third-order valence-electron chi connectivity index (χ3n) is 5.21. The molecule has 0 aliphatic heterocycles. The van der Waals surface area contributed by atoms with E-state index in [0.717, 1.165) is 11.3 Å². The summed E-state index contributed by atoms with van der Waals surface area (Å²) in [6, 6.07) is 6.67. The van der Waals surface area contributed by atoms with E-state index in [1.807, 2.05) is 0 Å². The molecule has 8 N–H and O–H groups in total. The van der Waals surface area contributed by atoms with Gasteiger partial charge in [-0.1, -0.05) is 17.3 Å². The smallest absolute Gasteiger partial charge is 0.261 e. The van der Waals surface area contributed by atoms with Crippen molar-refractivity contribution < 1.29 is 22.5 Å². The van der Waals surface area contributed by atoms with Crippen molar-refractivity contribution in [2.45, 2.75) is 43.9 Å². The molecule has 13 heteroatoms. The second-order valence-corrected chi connectivity index (χ2v) is 10.5. The molecule has 11 nitrogen and oxygen atoms in total. The molecule has 188 valence electrons. The van der Waals surface area contributed by atoms with Crippen LogP contribution in [0.3, 0.4) is 0 Å². The van der Waals surface area contributed by atoms with E-state index in [1.54, 1.807) is 26.0 Å². The highest BCUT2D eigenvalue weighted by Gasteiger charge is 2.28. The van der Waals surface area contributed by atoms with Crippen LogP contribution in [0.15, 0.2) is 45.1 Å². The Hall–Kier alpha value is -2.94. The number of nitrogens with two attached hydrogens (primary N) is 3. The number of hydrogen-bond acceptors (Lipinski definition) is 11.